The molecule has 0 radical (unpaired) electrons. The molecule has 0 aliphatic rings. The molecule has 1 aromatic carbocycles. The van der Waals surface area contributed by atoms with E-state index in [2.05, 4.69) is 0 Å². The fraction of sp³-hybridized carbons (Fsp3) is 0.333. The molecule has 7 heteroatoms. The summed E-state index contributed by atoms with van der Waals surface area (Å²) in [6.07, 6.45) is 0. The van der Waals surface area contributed by atoms with Crippen LogP contribution >= 0.6 is 11.8 Å². The summed E-state index contributed by atoms with van der Waals surface area (Å²) in [5.74, 6) is -0.735. The fourth-order valence-corrected chi connectivity index (χ4v) is 2.04. The van der Waals surface area contributed by atoms with Crippen molar-refractivity contribution in [3.05, 3.63) is 28.8 Å². The zero-order valence-electron chi connectivity index (χ0n) is 10.2. The van der Waals surface area contributed by atoms with Crippen molar-refractivity contribution in [2.24, 2.45) is 0 Å². The molecule has 0 saturated heterocycles. The molecule has 3 nitrogen and oxygen atoms in total. The largest absolute Gasteiger partial charge is 0.462 e. The Morgan fingerprint density at radius 3 is 2.58 bits per heavy atom. The van der Waals surface area contributed by atoms with Crippen LogP contribution in [0.5, 0.6) is 0 Å². The van der Waals surface area contributed by atoms with Crippen molar-refractivity contribution in [3.8, 4) is 6.07 Å². The van der Waals surface area contributed by atoms with E-state index in [1.54, 1.807) is 13.0 Å². The molecular formula is C12H10F3NO2S. The van der Waals surface area contributed by atoms with Gasteiger partial charge in [-0.25, -0.2) is 4.79 Å². The molecule has 102 valence electrons. The van der Waals surface area contributed by atoms with Crippen LogP contribution in [0.15, 0.2) is 17.0 Å². The minimum absolute atomic E-state index is 0.0207. The van der Waals surface area contributed by atoms with Gasteiger partial charge in [-0.1, -0.05) is 0 Å². The highest BCUT2D eigenvalue weighted by molar-refractivity contribution is 8.00. The lowest BCUT2D eigenvalue weighted by molar-refractivity contribution is -0.0328. The quantitative estimate of drug-likeness (QED) is 0.629. The van der Waals surface area contributed by atoms with Crippen LogP contribution < -0.4 is 0 Å². The second kappa shape index (κ2) is 5.97. The highest BCUT2D eigenvalue weighted by atomic mass is 32.2. The molecule has 0 heterocycles. The van der Waals surface area contributed by atoms with Crippen LogP contribution in [0.3, 0.4) is 0 Å². The predicted molar refractivity (Wildman–Crippen MR) is 63.8 cm³/mol. The van der Waals surface area contributed by atoms with E-state index in [1.165, 1.54) is 6.92 Å². The molecule has 0 saturated carbocycles. The first kappa shape index (κ1) is 15.4. The third-order valence-corrected chi connectivity index (χ3v) is 2.93. The Kier molecular flexibility index (Phi) is 4.84. The van der Waals surface area contributed by atoms with Crippen molar-refractivity contribution in [1.29, 1.82) is 5.26 Å². The number of nitrogens with zero attached hydrogens (tertiary/aromatic N) is 1. The smallest absolute Gasteiger partial charge is 0.446 e. The highest BCUT2D eigenvalue weighted by Gasteiger charge is 2.30. The first-order valence-corrected chi connectivity index (χ1v) is 6.07. The summed E-state index contributed by atoms with van der Waals surface area (Å²) >= 11 is -0.370. The second-order valence-corrected chi connectivity index (χ2v) is 4.66. The number of esters is 1. The number of hydrogen-bond donors (Lipinski definition) is 0. The Morgan fingerprint density at radius 1 is 1.47 bits per heavy atom. The van der Waals surface area contributed by atoms with Gasteiger partial charge in [-0.15, -0.1) is 0 Å². The van der Waals surface area contributed by atoms with Crippen molar-refractivity contribution in [1.82, 2.24) is 0 Å². The molecule has 0 bridgehead atoms. The Hall–Kier alpha value is -1.68. The highest BCUT2D eigenvalue weighted by Crippen LogP contribution is 2.38. The second-order valence-electron chi connectivity index (χ2n) is 3.52. The summed E-state index contributed by atoms with van der Waals surface area (Å²) in [7, 11) is 0. The number of ether oxygens (including phenoxy) is 1. The summed E-state index contributed by atoms with van der Waals surface area (Å²) in [5.41, 5.74) is -4.16. The van der Waals surface area contributed by atoms with Crippen molar-refractivity contribution in [2.75, 3.05) is 6.61 Å². The molecule has 0 spiro atoms. The SMILES string of the molecule is CCOC(=O)c1cc(SC(F)(F)F)cc(C#N)c1C. The monoisotopic (exact) mass is 289 g/mol. The predicted octanol–water partition coefficient (Wildman–Crippen LogP) is 3.66. The van der Waals surface area contributed by atoms with Gasteiger partial charge in [-0.05, 0) is 43.3 Å². The van der Waals surface area contributed by atoms with E-state index in [0.29, 0.717) is 5.56 Å². The van der Waals surface area contributed by atoms with E-state index in [-0.39, 0.29) is 34.4 Å². The summed E-state index contributed by atoms with van der Waals surface area (Å²) < 4.78 is 41.7. The van der Waals surface area contributed by atoms with Gasteiger partial charge in [-0.2, -0.15) is 18.4 Å². The number of carbonyl (C=O) groups is 1. The Morgan fingerprint density at radius 2 is 2.11 bits per heavy atom. The standard InChI is InChI=1S/C12H10F3NO2S/c1-3-18-11(17)10-5-9(19-12(13,14)15)4-8(6-16)7(10)2/h4-5H,3H2,1-2H3. The third-order valence-electron chi connectivity index (χ3n) is 2.23. The summed E-state index contributed by atoms with van der Waals surface area (Å²) in [6, 6.07) is 3.97. The molecule has 0 amide bonds. The molecule has 0 fully saturated rings. The van der Waals surface area contributed by atoms with Crippen LogP contribution in [0.25, 0.3) is 0 Å². The van der Waals surface area contributed by atoms with Crippen LogP contribution in [-0.4, -0.2) is 18.1 Å². The zero-order chi connectivity index (χ0) is 14.6. The van der Waals surface area contributed by atoms with Crippen LogP contribution in [0.1, 0.15) is 28.4 Å². The van der Waals surface area contributed by atoms with Crippen LogP contribution in [-0.2, 0) is 4.74 Å². The van der Waals surface area contributed by atoms with Gasteiger partial charge in [-0.3, -0.25) is 0 Å². The molecule has 0 atom stereocenters. The van der Waals surface area contributed by atoms with E-state index >= 15 is 0 Å². The number of rotatable bonds is 3. The lowest BCUT2D eigenvalue weighted by Gasteiger charge is -2.11. The topological polar surface area (TPSA) is 50.1 Å². The Balaban J connectivity index is 3.27. The van der Waals surface area contributed by atoms with Crippen molar-refractivity contribution in [3.63, 3.8) is 0 Å². The first-order valence-electron chi connectivity index (χ1n) is 5.26. The van der Waals surface area contributed by atoms with Crippen molar-refractivity contribution in [2.45, 2.75) is 24.3 Å². The Labute approximate surface area is 112 Å². The summed E-state index contributed by atoms with van der Waals surface area (Å²) in [4.78, 5) is 11.4. The van der Waals surface area contributed by atoms with E-state index in [9.17, 15) is 18.0 Å². The Bertz CT molecular complexity index is 535. The molecule has 0 aromatic heterocycles. The third kappa shape index (κ3) is 4.17. The van der Waals surface area contributed by atoms with E-state index in [4.69, 9.17) is 10.00 Å². The van der Waals surface area contributed by atoms with Crippen molar-refractivity contribution >= 4 is 17.7 Å². The van der Waals surface area contributed by atoms with Gasteiger partial charge in [0.15, 0.2) is 0 Å². The van der Waals surface area contributed by atoms with Gasteiger partial charge in [0.1, 0.15) is 0 Å². The minimum Gasteiger partial charge on any atom is -0.462 e. The van der Waals surface area contributed by atoms with Crippen molar-refractivity contribution < 1.29 is 22.7 Å². The number of nitriles is 1. The van der Waals surface area contributed by atoms with Gasteiger partial charge in [0.2, 0.25) is 0 Å². The maximum Gasteiger partial charge on any atom is 0.446 e. The summed E-state index contributed by atoms with van der Waals surface area (Å²) in [5, 5.41) is 8.88. The maximum atomic E-state index is 12.3. The van der Waals surface area contributed by atoms with Gasteiger partial charge < -0.3 is 4.74 Å². The number of carbonyl (C=O) groups excluding carboxylic acids is 1. The molecule has 0 aliphatic carbocycles. The molecule has 19 heavy (non-hydrogen) atoms. The molecule has 0 N–H and O–H groups in total. The lowest BCUT2D eigenvalue weighted by atomic mass is 10.0. The lowest BCUT2D eigenvalue weighted by Crippen LogP contribution is -2.09. The number of hydrogen-bond acceptors (Lipinski definition) is 4. The summed E-state index contributed by atoms with van der Waals surface area (Å²) in [6.45, 7) is 3.19. The minimum atomic E-state index is -4.48. The van der Waals surface area contributed by atoms with E-state index in [0.717, 1.165) is 12.1 Å². The zero-order valence-corrected chi connectivity index (χ0v) is 11.0. The van der Waals surface area contributed by atoms with Gasteiger partial charge in [0, 0.05) is 4.90 Å². The molecule has 0 unspecified atom stereocenters. The van der Waals surface area contributed by atoms with E-state index < -0.39 is 11.5 Å². The van der Waals surface area contributed by atoms with Gasteiger partial charge >= 0.3 is 11.5 Å². The average molecular weight is 289 g/mol. The average Bonchev–Trinajstić information content (AvgIpc) is 2.29. The number of halogens is 3. The fourth-order valence-electron chi connectivity index (χ4n) is 1.42. The van der Waals surface area contributed by atoms with Gasteiger partial charge in [0.05, 0.1) is 23.8 Å². The first-order chi connectivity index (χ1) is 8.78. The number of benzene rings is 1. The van der Waals surface area contributed by atoms with Crippen LogP contribution in [0, 0.1) is 18.3 Å². The maximum absolute atomic E-state index is 12.3. The molecule has 1 aromatic rings. The molecule has 1 rings (SSSR count). The molecule has 0 aliphatic heterocycles. The normalized spacial score (nSPS) is 10.9. The van der Waals surface area contributed by atoms with E-state index in [1.807, 2.05) is 0 Å². The van der Waals surface area contributed by atoms with Crippen LogP contribution in [0.2, 0.25) is 0 Å². The molecular weight excluding hydrogens is 279 g/mol. The number of alkyl halides is 3. The number of thioether (sulfide) groups is 1. The van der Waals surface area contributed by atoms with Crippen LogP contribution in [0.4, 0.5) is 13.2 Å². The van der Waals surface area contributed by atoms with Gasteiger partial charge in [0.25, 0.3) is 0 Å².